The Kier molecular flexibility index (Phi) is 4.49. The van der Waals surface area contributed by atoms with Gasteiger partial charge in [-0.05, 0) is 0 Å². The molecule has 0 aromatic heterocycles. The van der Waals surface area contributed by atoms with Gasteiger partial charge in [0, 0.05) is 0 Å². The minimum atomic E-state index is -0.618. The summed E-state index contributed by atoms with van der Waals surface area (Å²) in [6.07, 6.45) is 3.94. The normalized spacial score (nSPS) is 21.1. The molecular weight excluding hydrogens is 350 g/mol. The molecule has 0 radical (unpaired) electrons. The first-order valence-electron chi connectivity index (χ1n) is 4.45. The van der Waals surface area contributed by atoms with Crippen molar-refractivity contribution in [1.82, 2.24) is 10.2 Å². The average Bonchev–Trinajstić information content (AvgIpc) is 2.31. The predicted octanol–water partition coefficient (Wildman–Crippen LogP) is -0.360. The Hall–Kier alpha value is -0.472. The molecule has 0 aromatic carbocycles. The van der Waals surface area contributed by atoms with Crippen LogP contribution < -0.4 is 5.32 Å². The van der Waals surface area contributed by atoms with Crippen LogP contribution in [-0.4, -0.2) is 39.6 Å². The molecule has 1 atom stereocenters. The molecule has 1 aliphatic heterocycles. The molecule has 0 saturated carbocycles. The van der Waals surface area contributed by atoms with Gasteiger partial charge < -0.3 is 0 Å². The second-order valence-electron chi connectivity index (χ2n) is 3.25. The van der Waals surface area contributed by atoms with E-state index in [4.69, 9.17) is 0 Å². The topological polar surface area (TPSA) is 47.9 Å². The van der Waals surface area contributed by atoms with Crippen molar-refractivity contribution in [3.8, 4) is 0 Å². The molecule has 0 bridgehead atoms. The van der Waals surface area contributed by atoms with Crippen LogP contribution in [0.15, 0.2) is 10.8 Å². The van der Waals surface area contributed by atoms with E-state index < -0.39 is 6.10 Å². The van der Waals surface area contributed by atoms with Gasteiger partial charge in [-0.1, -0.05) is 0 Å². The van der Waals surface area contributed by atoms with E-state index in [-0.39, 0.29) is 0 Å². The summed E-state index contributed by atoms with van der Waals surface area (Å²) in [7, 11) is 0. The van der Waals surface area contributed by atoms with Crippen LogP contribution in [-0.2, 0) is 19.4 Å². The molecule has 0 saturated heterocycles. The van der Waals surface area contributed by atoms with Gasteiger partial charge in [-0.3, -0.25) is 0 Å². The molecule has 1 heterocycles. The zero-order valence-electron chi connectivity index (χ0n) is 8.27. The third-order valence-electron chi connectivity index (χ3n) is 1.80. The zero-order valence-corrected chi connectivity index (χ0v) is 11.2. The van der Waals surface area contributed by atoms with E-state index in [1.165, 1.54) is 19.4 Å². The quantitative estimate of drug-likeness (QED) is 0.673. The van der Waals surface area contributed by atoms with Crippen molar-refractivity contribution in [3.63, 3.8) is 0 Å². The SMILES string of the molecule is CC(C)N([CH]=[W])C1=[C-][C@H](O)CN=CN1. The second-order valence-corrected chi connectivity index (χ2v) is 4.01. The van der Waals surface area contributed by atoms with E-state index in [0.29, 0.717) is 12.6 Å². The first kappa shape index (κ1) is 11.6. The van der Waals surface area contributed by atoms with Crippen LogP contribution >= 0.6 is 0 Å². The first-order chi connectivity index (χ1) is 6.65. The van der Waals surface area contributed by atoms with Gasteiger partial charge in [-0.2, -0.15) is 0 Å². The van der Waals surface area contributed by atoms with Gasteiger partial charge >= 0.3 is 95.0 Å². The first-order valence-corrected chi connectivity index (χ1v) is 6.14. The predicted molar refractivity (Wildman–Crippen MR) is 52.3 cm³/mol. The Bertz CT molecular complexity index is 263. The summed E-state index contributed by atoms with van der Waals surface area (Å²) in [5, 5.41) is 12.5. The van der Waals surface area contributed by atoms with Crippen LogP contribution in [0.1, 0.15) is 13.8 Å². The Balaban J connectivity index is 2.82. The number of rotatable bonds is 3. The van der Waals surface area contributed by atoms with Gasteiger partial charge in [-0.15, -0.1) is 0 Å². The molecule has 4 nitrogen and oxygen atoms in total. The fourth-order valence-corrected chi connectivity index (χ4v) is 2.34. The Labute approximate surface area is 95.1 Å². The van der Waals surface area contributed by atoms with Crippen molar-refractivity contribution >= 4 is 10.9 Å². The number of aliphatic imine (C=N–C) groups is 1. The minimum absolute atomic E-state index is 0.348. The van der Waals surface area contributed by atoms with Crippen molar-refractivity contribution in [1.29, 1.82) is 0 Å². The van der Waals surface area contributed by atoms with Crippen LogP contribution in [0, 0.1) is 6.08 Å². The van der Waals surface area contributed by atoms with Crippen LogP contribution in [0.3, 0.4) is 0 Å². The number of aliphatic hydroxyl groups is 1. The van der Waals surface area contributed by atoms with E-state index in [1.807, 2.05) is 9.42 Å². The van der Waals surface area contributed by atoms with Gasteiger partial charge in [0.25, 0.3) is 0 Å². The summed E-state index contributed by atoms with van der Waals surface area (Å²) >= 11 is 1.36. The van der Waals surface area contributed by atoms with E-state index in [9.17, 15) is 5.11 Å². The van der Waals surface area contributed by atoms with Crippen molar-refractivity contribution in [2.75, 3.05) is 6.54 Å². The Morgan fingerprint density at radius 2 is 2.57 bits per heavy atom. The van der Waals surface area contributed by atoms with Crippen molar-refractivity contribution < 1.29 is 24.5 Å². The third-order valence-corrected chi connectivity index (χ3v) is 2.62. The molecule has 0 aromatic rings. The summed E-state index contributed by atoms with van der Waals surface area (Å²) in [6, 6.07) is 0.348. The number of nitrogens with zero attached hydrogens (tertiary/aromatic N) is 2. The summed E-state index contributed by atoms with van der Waals surface area (Å²) < 4.78 is 2.03. The average molecular weight is 364 g/mol. The van der Waals surface area contributed by atoms with Crippen LogP contribution in [0.2, 0.25) is 0 Å². The van der Waals surface area contributed by atoms with Crippen LogP contribution in [0.5, 0.6) is 0 Å². The number of nitrogens with one attached hydrogen (secondary N) is 1. The van der Waals surface area contributed by atoms with E-state index in [0.717, 1.165) is 5.82 Å². The van der Waals surface area contributed by atoms with Crippen molar-refractivity contribution in [3.05, 3.63) is 11.9 Å². The van der Waals surface area contributed by atoms with Gasteiger partial charge in [0.1, 0.15) is 0 Å². The molecule has 0 amide bonds. The molecule has 78 valence electrons. The van der Waals surface area contributed by atoms with E-state index in [2.05, 4.69) is 30.2 Å². The van der Waals surface area contributed by atoms with Crippen LogP contribution in [0.25, 0.3) is 0 Å². The Morgan fingerprint density at radius 3 is 3.14 bits per heavy atom. The van der Waals surface area contributed by atoms with Gasteiger partial charge in [-0.25, -0.2) is 0 Å². The van der Waals surface area contributed by atoms with Crippen molar-refractivity contribution in [2.45, 2.75) is 26.0 Å². The van der Waals surface area contributed by atoms with Gasteiger partial charge in [0.05, 0.1) is 0 Å². The molecule has 0 unspecified atom stereocenters. The van der Waals surface area contributed by atoms with E-state index in [1.54, 1.807) is 6.34 Å². The summed E-state index contributed by atoms with van der Waals surface area (Å²) in [5.74, 6) is 0.781. The standard InChI is InChI=1S/C9H14N3O.W/c1-7(2)12(3)9-4-8(13)5-10-6-11-9;/h3,6-8,13H,5H2,1-2H3,(H,10,11);/q-1;/t8-;/m0./s1. The fourth-order valence-electron chi connectivity index (χ4n) is 1.09. The monoisotopic (exact) mass is 364 g/mol. The van der Waals surface area contributed by atoms with Crippen LogP contribution in [0.4, 0.5) is 0 Å². The third kappa shape index (κ3) is 3.03. The number of hydrogen-bond acceptors (Lipinski definition) is 4. The molecule has 0 aliphatic carbocycles. The molecule has 1 aliphatic rings. The summed E-state index contributed by atoms with van der Waals surface area (Å²) in [6.45, 7) is 4.55. The Morgan fingerprint density at radius 1 is 1.86 bits per heavy atom. The fraction of sp³-hybridized carbons (Fsp3) is 0.556. The maximum absolute atomic E-state index is 9.47. The van der Waals surface area contributed by atoms with Gasteiger partial charge in [0.15, 0.2) is 0 Å². The second kappa shape index (κ2) is 5.42. The molecule has 2 N–H and O–H groups in total. The number of aliphatic hydroxyl groups excluding tert-OH is 1. The molecule has 0 fully saturated rings. The van der Waals surface area contributed by atoms with E-state index >= 15 is 0 Å². The molecule has 14 heavy (non-hydrogen) atoms. The summed E-state index contributed by atoms with van der Waals surface area (Å²) in [4.78, 5) is 6.01. The maximum atomic E-state index is 9.47. The van der Waals surface area contributed by atoms with Gasteiger partial charge in [0.2, 0.25) is 0 Å². The van der Waals surface area contributed by atoms with Crippen molar-refractivity contribution in [2.24, 2.45) is 4.99 Å². The zero-order chi connectivity index (χ0) is 10.6. The molecular formula is C9H14N3OW-. The molecule has 0 spiro atoms. The number of hydrogen-bond donors (Lipinski definition) is 2. The molecule has 1 rings (SSSR count). The molecule has 5 heteroatoms. The summed E-state index contributed by atoms with van der Waals surface area (Å²) in [5.41, 5.74) is 0.